The van der Waals surface area contributed by atoms with E-state index in [4.69, 9.17) is 16.3 Å². The second-order valence-corrected chi connectivity index (χ2v) is 6.97. The highest BCUT2D eigenvalue weighted by Crippen LogP contribution is 2.30. The number of carbonyl (C=O) groups is 1. The monoisotopic (exact) mass is 383 g/mol. The van der Waals surface area contributed by atoms with E-state index in [0.29, 0.717) is 17.0 Å². The number of carbonyl (C=O) groups excluding carboxylic acids is 1. The molecule has 0 aliphatic carbocycles. The third-order valence-electron chi connectivity index (χ3n) is 4.39. The summed E-state index contributed by atoms with van der Waals surface area (Å²) in [5, 5.41) is 20.3. The van der Waals surface area contributed by atoms with Gasteiger partial charge in [0.15, 0.2) is 0 Å². The molecule has 1 aliphatic heterocycles. The minimum atomic E-state index is -1.03. The fourth-order valence-electron chi connectivity index (χ4n) is 3.05. The molecule has 3 aromatic rings. The largest absolute Gasteiger partial charge is 0.492 e. The first-order valence-corrected chi connectivity index (χ1v) is 8.56. The zero-order chi connectivity index (χ0) is 19.2. The van der Waals surface area contributed by atoms with E-state index in [1.165, 1.54) is 12.7 Å². The fraction of sp³-hybridized carbons (Fsp3) is 0.176. The maximum Gasteiger partial charge on any atom is 0.492 e. The van der Waals surface area contributed by atoms with Crippen molar-refractivity contribution in [1.82, 2.24) is 19.7 Å². The molecule has 1 amide bonds. The zero-order valence-electron chi connectivity index (χ0n) is 14.5. The van der Waals surface area contributed by atoms with Gasteiger partial charge in [0.1, 0.15) is 23.6 Å². The van der Waals surface area contributed by atoms with E-state index >= 15 is 0 Å². The topological polar surface area (TPSA) is 102 Å². The molecule has 3 heterocycles. The van der Waals surface area contributed by atoms with Crippen LogP contribution in [0.4, 0.5) is 5.69 Å². The highest BCUT2D eigenvalue weighted by Gasteiger charge is 2.40. The van der Waals surface area contributed by atoms with Crippen LogP contribution in [0.3, 0.4) is 0 Å². The lowest BCUT2D eigenvalue weighted by molar-refractivity contribution is 0.100. The molecule has 2 aromatic heterocycles. The standard InChI is InChI=1S/C17H15BClN5O3/c1-17(2)12-5-3-10(7-13(12)18(26)27-17)22-16(25)11-4-6-14(23-15(11)19)24-8-20-21-9-24/h3-9,26H,1-2H3,(H,22,25). The lowest BCUT2D eigenvalue weighted by Crippen LogP contribution is -2.29. The van der Waals surface area contributed by atoms with E-state index in [1.54, 1.807) is 28.8 Å². The molecule has 2 N–H and O–H groups in total. The van der Waals surface area contributed by atoms with Gasteiger partial charge in [-0.3, -0.25) is 9.36 Å². The van der Waals surface area contributed by atoms with Crippen molar-refractivity contribution in [2.24, 2.45) is 0 Å². The van der Waals surface area contributed by atoms with Crippen LogP contribution in [-0.4, -0.2) is 37.8 Å². The number of halogens is 1. The Morgan fingerprint density at radius 1 is 1.26 bits per heavy atom. The minimum Gasteiger partial charge on any atom is -0.423 e. The van der Waals surface area contributed by atoms with Gasteiger partial charge in [-0.1, -0.05) is 17.7 Å². The molecular formula is C17H15BClN5O3. The Morgan fingerprint density at radius 2 is 2.00 bits per heavy atom. The first-order valence-electron chi connectivity index (χ1n) is 8.18. The molecular weight excluding hydrogens is 368 g/mol. The van der Waals surface area contributed by atoms with Crippen molar-refractivity contribution in [2.75, 3.05) is 5.32 Å². The molecule has 10 heteroatoms. The Balaban J connectivity index is 1.57. The van der Waals surface area contributed by atoms with E-state index in [1.807, 2.05) is 19.9 Å². The van der Waals surface area contributed by atoms with Gasteiger partial charge in [0, 0.05) is 5.69 Å². The van der Waals surface area contributed by atoms with Gasteiger partial charge in [-0.15, -0.1) is 10.2 Å². The van der Waals surface area contributed by atoms with Gasteiger partial charge >= 0.3 is 7.12 Å². The quantitative estimate of drug-likeness (QED) is 0.525. The molecule has 0 bridgehead atoms. The van der Waals surface area contributed by atoms with Crippen LogP contribution in [0.1, 0.15) is 29.8 Å². The molecule has 0 atom stereocenters. The molecule has 0 saturated carbocycles. The van der Waals surface area contributed by atoms with Gasteiger partial charge < -0.3 is 15.0 Å². The molecule has 0 unspecified atom stereocenters. The number of amides is 1. The Hall–Kier alpha value is -2.75. The minimum absolute atomic E-state index is 0.0596. The first kappa shape index (κ1) is 17.7. The van der Waals surface area contributed by atoms with Crippen molar-refractivity contribution in [3.05, 3.63) is 59.3 Å². The predicted octanol–water partition coefficient (Wildman–Crippen LogP) is 1.52. The average molecular weight is 384 g/mol. The maximum atomic E-state index is 12.6. The molecule has 4 rings (SSSR count). The van der Waals surface area contributed by atoms with Crippen molar-refractivity contribution in [3.63, 3.8) is 0 Å². The molecule has 8 nitrogen and oxygen atoms in total. The molecule has 1 aliphatic rings. The predicted molar refractivity (Wildman–Crippen MR) is 100 cm³/mol. The number of rotatable bonds is 3. The fourth-order valence-corrected chi connectivity index (χ4v) is 3.29. The van der Waals surface area contributed by atoms with Crippen molar-refractivity contribution < 1.29 is 14.5 Å². The summed E-state index contributed by atoms with van der Waals surface area (Å²) in [6.07, 6.45) is 2.97. The van der Waals surface area contributed by atoms with Gasteiger partial charge in [0.25, 0.3) is 5.91 Å². The van der Waals surface area contributed by atoms with Crippen LogP contribution in [0.5, 0.6) is 0 Å². The third kappa shape index (κ3) is 3.20. The van der Waals surface area contributed by atoms with Gasteiger partial charge in [0.2, 0.25) is 0 Å². The SMILES string of the molecule is CC1(C)OB(O)c2cc(NC(=O)c3ccc(-n4cnnc4)nc3Cl)ccc21. The molecule has 0 fully saturated rings. The number of anilines is 1. The van der Waals surface area contributed by atoms with Gasteiger partial charge in [0.05, 0.1) is 11.2 Å². The highest BCUT2D eigenvalue weighted by atomic mass is 35.5. The van der Waals surface area contributed by atoms with Gasteiger partial charge in [-0.05, 0) is 49.1 Å². The molecule has 136 valence electrons. The van der Waals surface area contributed by atoms with Crippen molar-refractivity contribution in [2.45, 2.75) is 19.4 Å². The Morgan fingerprint density at radius 3 is 2.70 bits per heavy atom. The van der Waals surface area contributed by atoms with Crippen molar-refractivity contribution in [3.8, 4) is 5.82 Å². The zero-order valence-corrected chi connectivity index (χ0v) is 15.3. The smallest absolute Gasteiger partial charge is 0.423 e. The average Bonchev–Trinajstić information content (AvgIpc) is 3.22. The summed E-state index contributed by atoms with van der Waals surface area (Å²) in [6, 6.07) is 8.50. The van der Waals surface area contributed by atoms with Gasteiger partial charge in [-0.25, -0.2) is 4.98 Å². The van der Waals surface area contributed by atoms with E-state index < -0.39 is 18.6 Å². The summed E-state index contributed by atoms with van der Waals surface area (Å²) < 4.78 is 7.11. The van der Waals surface area contributed by atoms with E-state index in [0.717, 1.165) is 5.56 Å². The van der Waals surface area contributed by atoms with Crippen LogP contribution < -0.4 is 10.8 Å². The summed E-state index contributed by atoms with van der Waals surface area (Å²) >= 11 is 6.18. The highest BCUT2D eigenvalue weighted by molar-refractivity contribution is 6.62. The summed E-state index contributed by atoms with van der Waals surface area (Å²) in [5.74, 6) is 0.0944. The van der Waals surface area contributed by atoms with Crippen LogP contribution in [0.25, 0.3) is 5.82 Å². The van der Waals surface area contributed by atoms with E-state index in [9.17, 15) is 9.82 Å². The number of pyridine rings is 1. The number of hydrogen-bond acceptors (Lipinski definition) is 6. The molecule has 27 heavy (non-hydrogen) atoms. The summed E-state index contributed by atoms with van der Waals surface area (Å²) in [5.41, 5.74) is 1.68. The lowest BCUT2D eigenvalue weighted by atomic mass is 9.78. The Labute approximate surface area is 160 Å². The van der Waals surface area contributed by atoms with Crippen LogP contribution >= 0.6 is 11.6 Å². The number of fused-ring (bicyclic) bond motifs is 1. The second-order valence-electron chi connectivity index (χ2n) is 6.61. The summed E-state index contributed by atoms with van der Waals surface area (Å²) in [7, 11) is -1.03. The van der Waals surface area contributed by atoms with E-state index in [2.05, 4.69) is 20.5 Å². The number of aromatic nitrogens is 4. The number of nitrogens with one attached hydrogen (secondary N) is 1. The molecule has 0 saturated heterocycles. The summed E-state index contributed by atoms with van der Waals surface area (Å²) in [4.78, 5) is 16.8. The lowest BCUT2D eigenvalue weighted by Gasteiger charge is -2.19. The first-order chi connectivity index (χ1) is 12.8. The Bertz CT molecular complexity index is 1030. The van der Waals surface area contributed by atoms with Crippen LogP contribution in [0.2, 0.25) is 5.15 Å². The van der Waals surface area contributed by atoms with Gasteiger partial charge in [-0.2, -0.15) is 0 Å². The van der Waals surface area contributed by atoms with Crippen LogP contribution in [-0.2, 0) is 10.3 Å². The number of benzene rings is 1. The second kappa shape index (κ2) is 6.45. The summed E-state index contributed by atoms with van der Waals surface area (Å²) in [6.45, 7) is 3.76. The van der Waals surface area contributed by atoms with Crippen LogP contribution in [0.15, 0.2) is 43.0 Å². The van der Waals surface area contributed by atoms with E-state index in [-0.39, 0.29) is 10.7 Å². The molecule has 0 radical (unpaired) electrons. The van der Waals surface area contributed by atoms with Crippen LogP contribution in [0, 0.1) is 0 Å². The maximum absolute atomic E-state index is 12.6. The molecule has 1 aromatic carbocycles. The normalized spacial score (nSPS) is 14.9. The number of hydrogen-bond donors (Lipinski definition) is 2. The Kier molecular flexibility index (Phi) is 4.22. The van der Waals surface area contributed by atoms with Crippen molar-refractivity contribution >= 4 is 35.8 Å². The van der Waals surface area contributed by atoms with Crippen molar-refractivity contribution in [1.29, 1.82) is 0 Å². The third-order valence-corrected chi connectivity index (χ3v) is 4.68. The number of nitrogens with zero attached hydrogens (tertiary/aromatic N) is 4. The molecule has 0 spiro atoms.